The van der Waals surface area contributed by atoms with Gasteiger partial charge >= 0.3 is 0 Å². The van der Waals surface area contributed by atoms with Gasteiger partial charge in [0, 0.05) is 18.7 Å². The molecule has 0 spiro atoms. The summed E-state index contributed by atoms with van der Waals surface area (Å²) in [6.07, 6.45) is 2.70. The van der Waals surface area contributed by atoms with Gasteiger partial charge in [-0.05, 0) is 18.9 Å². The second-order valence-corrected chi connectivity index (χ2v) is 4.76. The van der Waals surface area contributed by atoms with E-state index >= 15 is 0 Å². The summed E-state index contributed by atoms with van der Waals surface area (Å²) < 4.78 is 17.2. The number of ether oxygens (including phenoxy) is 3. The van der Waals surface area contributed by atoms with Crippen LogP contribution in [0.25, 0.3) is 0 Å². The van der Waals surface area contributed by atoms with Crippen molar-refractivity contribution in [2.24, 2.45) is 0 Å². The van der Waals surface area contributed by atoms with Crippen LogP contribution in [0.5, 0.6) is 11.5 Å². The van der Waals surface area contributed by atoms with E-state index < -0.39 is 0 Å². The van der Waals surface area contributed by atoms with E-state index in [0.717, 1.165) is 49.6 Å². The Balaban J connectivity index is 1.89. The molecule has 0 amide bonds. The normalized spacial score (nSPS) is 23.7. The monoisotopic (exact) mass is 249 g/mol. The van der Waals surface area contributed by atoms with Crippen molar-refractivity contribution in [1.29, 1.82) is 0 Å². The molecule has 1 aliphatic heterocycles. The molecule has 1 heterocycles. The minimum Gasteiger partial charge on any atom is -0.493 e. The van der Waals surface area contributed by atoms with Crippen molar-refractivity contribution in [1.82, 2.24) is 5.32 Å². The van der Waals surface area contributed by atoms with Crippen LogP contribution in [-0.2, 0) is 4.74 Å². The van der Waals surface area contributed by atoms with Crippen molar-refractivity contribution in [3.05, 3.63) is 23.8 Å². The number of hydrogen-bond acceptors (Lipinski definition) is 4. The van der Waals surface area contributed by atoms with Gasteiger partial charge < -0.3 is 19.5 Å². The molecule has 1 atom stereocenters. The largest absolute Gasteiger partial charge is 0.493 e. The molecule has 3 rings (SSSR count). The molecule has 1 aliphatic carbocycles. The smallest absolute Gasteiger partial charge is 0.167 e. The summed E-state index contributed by atoms with van der Waals surface area (Å²) in [7, 11) is 1.68. The Morgan fingerprint density at radius 2 is 2.22 bits per heavy atom. The van der Waals surface area contributed by atoms with Gasteiger partial charge in [0.05, 0.1) is 25.9 Å². The molecule has 1 N–H and O–H groups in total. The first-order chi connectivity index (χ1) is 8.88. The van der Waals surface area contributed by atoms with Crippen LogP contribution in [0.4, 0.5) is 0 Å². The summed E-state index contributed by atoms with van der Waals surface area (Å²) in [5, 5.41) is 3.35. The van der Waals surface area contributed by atoms with Gasteiger partial charge in [0.1, 0.15) is 0 Å². The van der Waals surface area contributed by atoms with E-state index in [1.165, 1.54) is 0 Å². The van der Waals surface area contributed by atoms with E-state index in [9.17, 15) is 0 Å². The lowest BCUT2D eigenvalue weighted by atomic mass is 10.1. The van der Waals surface area contributed by atoms with Crippen LogP contribution in [0.3, 0.4) is 0 Å². The summed E-state index contributed by atoms with van der Waals surface area (Å²) in [6.45, 7) is 2.48. The first-order valence-electron chi connectivity index (χ1n) is 6.54. The Hall–Kier alpha value is -1.26. The third-order valence-corrected chi connectivity index (χ3v) is 3.31. The summed E-state index contributed by atoms with van der Waals surface area (Å²) in [5.74, 6) is 1.66. The second-order valence-electron chi connectivity index (χ2n) is 4.76. The Labute approximate surface area is 107 Å². The van der Waals surface area contributed by atoms with Crippen molar-refractivity contribution in [2.45, 2.75) is 25.0 Å². The highest BCUT2D eigenvalue weighted by Crippen LogP contribution is 2.40. The first-order valence-corrected chi connectivity index (χ1v) is 6.54. The van der Waals surface area contributed by atoms with Gasteiger partial charge in [-0.25, -0.2) is 0 Å². The molecule has 1 saturated carbocycles. The van der Waals surface area contributed by atoms with E-state index in [2.05, 4.69) is 11.4 Å². The molecule has 1 aromatic rings. The summed E-state index contributed by atoms with van der Waals surface area (Å²) in [4.78, 5) is 0. The Kier molecular flexibility index (Phi) is 3.39. The predicted molar refractivity (Wildman–Crippen MR) is 68.2 cm³/mol. The number of hydrogen-bond donors (Lipinski definition) is 1. The van der Waals surface area contributed by atoms with E-state index in [1.807, 2.05) is 12.1 Å². The molecule has 4 heteroatoms. The molecular weight excluding hydrogens is 230 g/mol. The maximum Gasteiger partial charge on any atom is 0.167 e. The number of benzene rings is 1. The number of rotatable bonds is 4. The zero-order valence-corrected chi connectivity index (χ0v) is 10.6. The van der Waals surface area contributed by atoms with E-state index in [1.54, 1.807) is 7.11 Å². The molecule has 1 aromatic carbocycles. The molecular formula is C14H19NO3. The fraction of sp³-hybridized carbons (Fsp3) is 0.571. The maximum absolute atomic E-state index is 6.00. The highest BCUT2D eigenvalue weighted by atomic mass is 16.5. The number of nitrogens with one attached hydrogen (secondary N) is 1. The van der Waals surface area contributed by atoms with Gasteiger partial charge in [0.2, 0.25) is 0 Å². The molecule has 1 unspecified atom stereocenters. The van der Waals surface area contributed by atoms with Gasteiger partial charge in [-0.1, -0.05) is 12.1 Å². The summed E-state index contributed by atoms with van der Waals surface area (Å²) >= 11 is 0. The van der Waals surface area contributed by atoms with Gasteiger partial charge in [0.25, 0.3) is 0 Å². The Bertz CT molecular complexity index is 412. The number of morpholine rings is 1. The molecule has 0 radical (unpaired) electrons. The third-order valence-electron chi connectivity index (χ3n) is 3.31. The van der Waals surface area contributed by atoms with Gasteiger partial charge in [0.15, 0.2) is 11.5 Å². The molecule has 2 aliphatic rings. The molecule has 0 bridgehead atoms. The molecule has 18 heavy (non-hydrogen) atoms. The fourth-order valence-electron chi connectivity index (χ4n) is 2.19. The minimum atomic E-state index is 0.0580. The van der Waals surface area contributed by atoms with Crippen molar-refractivity contribution in [3.8, 4) is 11.5 Å². The van der Waals surface area contributed by atoms with Crippen LogP contribution in [-0.4, -0.2) is 32.9 Å². The summed E-state index contributed by atoms with van der Waals surface area (Å²) in [5.41, 5.74) is 1.09. The zero-order chi connectivity index (χ0) is 12.4. The average Bonchev–Trinajstić information content (AvgIpc) is 3.24. The molecule has 0 aromatic heterocycles. The van der Waals surface area contributed by atoms with E-state index in [-0.39, 0.29) is 6.10 Å². The van der Waals surface area contributed by atoms with Crippen LogP contribution in [0.15, 0.2) is 18.2 Å². The predicted octanol–water partition coefficient (Wildman–Crippen LogP) is 1.90. The van der Waals surface area contributed by atoms with Crippen molar-refractivity contribution in [3.63, 3.8) is 0 Å². The van der Waals surface area contributed by atoms with Crippen LogP contribution in [0.2, 0.25) is 0 Å². The quantitative estimate of drug-likeness (QED) is 0.884. The third kappa shape index (κ3) is 2.44. The van der Waals surface area contributed by atoms with Crippen LogP contribution < -0.4 is 14.8 Å². The molecule has 98 valence electrons. The minimum absolute atomic E-state index is 0.0580. The molecule has 2 fully saturated rings. The SMILES string of the molecule is COc1cccc(C2CNCCO2)c1OC1CC1. The summed E-state index contributed by atoms with van der Waals surface area (Å²) in [6, 6.07) is 6.00. The highest BCUT2D eigenvalue weighted by Gasteiger charge is 2.29. The van der Waals surface area contributed by atoms with Crippen molar-refractivity contribution < 1.29 is 14.2 Å². The first kappa shape index (κ1) is 11.8. The second kappa shape index (κ2) is 5.16. The van der Waals surface area contributed by atoms with E-state index in [4.69, 9.17) is 14.2 Å². The lowest BCUT2D eigenvalue weighted by Gasteiger charge is -2.26. The standard InChI is InChI=1S/C14H19NO3/c1-16-12-4-2-3-11(13-9-15-7-8-17-13)14(12)18-10-5-6-10/h2-4,10,13,15H,5-9H2,1H3. The fourth-order valence-corrected chi connectivity index (χ4v) is 2.19. The maximum atomic E-state index is 6.00. The van der Waals surface area contributed by atoms with E-state index in [0.29, 0.717) is 6.10 Å². The van der Waals surface area contributed by atoms with Gasteiger partial charge in [-0.2, -0.15) is 0 Å². The van der Waals surface area contributed by atoms with Crippen molar-refractivity contribution >= 4 is 0 Å². The number of methoxy groups -OCH3 is 1. The lowest BCUT2D eigenvalue weighted by molar-refractivity contribution is 0.0255. The topological polar surface area (TPSA) is 39.7 Å². The van der Waals surface area contributed by atoms with Gasteiger partial charge in [-0.3, -0.25) is 0 Å². The van der Waals surface area contributed by atoms with Crippen molar-refractivity contribution in [2.75, 3.05) is 26.8 Å². The van der Waals surface area contributed by atoms with Crippen LogP contribution in [0, 0.1) is 0 Å². The average molecular weight is 249 g/mol. The lowest BCUT2D eigenvalue weighted by Crippen LogP contribution is -2.33. The van der Waals surface area contributed by atoms with Crippen LogP contribution >= 0.6 is 0 Å². The molecule has 4 nitrogen and oxygen atoms in total. The van der Waals surface area contributed by atoms with Crippen LogP contribution in [0.1, 0.15) is 24.5 Å². The zero-order valence-electron chi connectivity index (χ0n) is 10.6. The van der Waals surface area contributed by atoms with Gasteiger partial charge in [-0.15, -0.1) is 0 Å². The molecule has 1 saturated heterocycles. The Morgan fingerprint density at radius 1 is 1.33 bits per heavy atom. The highest BCUT2D eigenvalue weighted by molar-refractivity contribution is 5.48. The Morgan fingerprint density at radius 3 is 2.89 bits per heavy atom. The number of para-hydroxylation sites is 1.